The van der Waals surface area contributed by atoms with Gasteiger partial charge in [-0.1, -0.05) is 0 Å². The Kier molecular flexibility index (Phi) is 6.57. The van der Waals surface area contributed by atoms with E-state index in [9.17, 15) is 4.79 Å². The van der Waals surface area contributed by atoms with Crippen LogP contribution in [0.15, 0.2) is 65.1 Å². The highest BCUT2D eigenvalue weighted by molar-refractivity contribution is 5.91. The number of aryl methyl sites for hydroxylation is 1. The monoisotopic (exact) mass is 419 g/mol. The minimum Gasteiger partial charge on any atom is -0.497 e. The van der Waals surface area contributed by atoms with Crippen LogP contribution < -0.4 is 15.0 Å². The van der Waals surface area contributed by atoms with Crippen molar-refractivity contribution < 1.29 is 13.9 Å². The molecule has 0 bridgehead atoms. The molecule has 1 aliphatic rings. The third-order valence-corrected chi connectivity index (χ3v) is 5.65. The summed E-state index contributed by atoms with van der Waals surface area (Å²) in [5, 5.41) is 2.98. The topological polar surface area (TPSA) is 58.0 Å². The minimum absolute atomic E-state index is 0.0188. The summed E-state index contributed by atoms with van der Waals surface area (Å²) in [7, 11) is 3.80. The molecule has 0 atom stereocenters. The first-order valence-electron chi connectivity index (χ1n) is 10.7. The van der Waals surface area contributed by atoms with Gasteiger partial charge in [0.25, 0.3) is 0 Å². The summed E-state index contributed by atoms with van der Waals surface area (Å²) < 4.78 is 11.1. The first-order valence-corrected chi connectivity index (χ1v) is 10.7. The van der Waals surface area contributed by atoms with E-state index >= 15 is 0 Å². The first kappa shape index (κ1) is 21.0. The van der Waals surface area contributed by atoms with Crippen molar-refractivity contribution in [2.75, 3.05) is 50.6 Å². The summed E-state index contributed by atoms with van der Waals surface area (Å²) in [6, 6.07) is 19.7. The Morgan fingerprint density at radius 3 is 2.35 bits per heavy atom. The van der Waals surface area contributed by atoms with Gasteiger partial charge in [-0.3, -0.25) is 4.79 Å². The molecule has 0 unspecified atom stereocenters. The second-order valence-electron chi connectivity index (χ2n) is 7.88. The lowest BCUT2D eigenvalue weighted by Gasteiger charge is -2.34. The molecule has 1 fully saturated rings. The number of carbonyl (C=O) groups is 1. The van der Waals surface area contributed by atoms with E-state index in [1.807, 2.05) is 48.5 Å². The summed E-state index contributed by atoms with van der Waals surface area (Å²) in [5.74, 6) is 2.38. The van der Waals surface area contributed by atoms with Gasteiger partial charge < -0.3 is 24.3 Å². The summed E-state index contributed by atoms with van der Waals surface area (Å²) in [6.45, 7) is 4.21. The molecule has 3 aromatic rings. The molecule has 6 heteroatoms. The van der Waals surface area contributed by atoms with Crippen LogP contribution in [-0.2, 0) is 11.2 Å². The third kappa shape index (κ3) is 5.47. The number of benzene rings is 2. The van der Waals surface area contributed by atoms with Gasteiger partial charge in [-0.2, -0.15) is 0 Å². The number of nitrogens with zero attached hydrogens (tertiary/aromatic N) is 2. The number of piperazine rings is 1. The third-order valence-electron chi connectivity index (χ3n) is 5.65. The van der Waals surface area contributed by atoms with Crippen LogP contribution in [0.1, 0.15) is 12.2 Å². The molecule has 0 spiro atoms. The standard InChI is InChI=1S/C25H29N3O3/c1-27-15-17-28(18-16-27)21-7-5-20(6-8-21)26-25(29)14-12-23-11-13-24(31-23)19-3-9-22(30-2)10-4-19/h3-11,13H,12,14-18H2,1-2H3,(H,26,29). The molecule has 1 saturated heterocycles. The molecule has 2 aromatic carbocycles. The molecule has 0 radical (unpaired) electrons. The van der Waals surface area contributed by atoms with E-state index in [1.165, 1.54) is 5.69 Å². The molecule has 31 heavy (non-hydrogen) atoms. The average molecular weight is 420 g/mol. The minimum atomic E-state index is -0.0188. The van der Waals surface area contributed by atoms with Crippen molar-refractivity contribution in [2.24, 2.45) is 0 Å². The fourth-order valence-corrected chi connectivity index (χ4v) is 3.70. The molecule has 0 aliphatic carbocycles. The van der Waals surface area contributed by atoms with E-state index in [4.69, 9.17) is 9.15 Å². The smallest absolute Gasteiger partial charge is 0.224 e. The summed E-state index contributed by atoms with van der Waals surface area (Å²) in [5.41, 5.74) is 3.01. The summed E-state index contributed by atoms with van der Waals surface area (Å²) in [6.07, 6.45) is 0.928. The Balaban J connectivity index is 1.27. The summed E-state index contributed by atoms with van der Waals surface area (Å²) >= 11 is 0. The lowest BCUT2D eigenvalue weighted by molar-refractivity contribution is -0.116. The molecule has 2 heterocycles. The normalized spacial score (nSPS) is 14.5. The Morgan fingerprint density at radius 1 is 0.968 bits per heavy atom. The van der Waals surface area contributed by atoms with E-state index in [0.29, 0.717) is 12.8 Å². The van der Waals surface area contributed by atoms with Gasteiger partial charge in [-0.25, -0.2) is 0 Å². The van der Waals surface area contributed by atoms with Gasteiger partial charge >= 0.3 is 0 Å². The van der Waals surface area contributed by atoms with Gasteiger partial charge in [0.1, 0.15) is 17.3 Å². The molecular formula is C25H29N3O3. The molecule has 1 aliphatic heterocycles. The lowest BCUT2D eigenvalue weighted by atomic mass is 10.2. The van der Waals surface area contributed by atoms with Gasteiger partial charge in [0.15, 0.2) is 0 Å². The number of anilines is 2. The van der Waals surface area contributed by atoms with Gasteiger partial charge in [-0.15, -0.1) is 0 Å². The fourth-order valence-electron chi connectivity index (χ4n) is 3.70. The van der Waals surface area contributed by atoms with Crippen molar-refractivity contribution in [1.82, 2.24) is 4.90 Å². The number of amides is 1. The number of nitrogens with one attached hydrogen (secondary N) is 1. The van der Waals surface area contributed by atoms with E-state index < -0.39 is 0 Å². The van der Waals surface area contributed by atoms with E-state index in [-0.39, 0.29) is 5.91 Å². The number of methoxy groups -OCH3 is 1. The second kappa shape index (κ2) is 9.71. The highest BCUT2D eigenvalue weighted by atomic mass is 16.5. The average Bonchev–Trinajstić information content (AvgIpc) is 3.28. The second-order valence-corrected chi connectivity index (χ2v) is 7.88. The highest BCUT2D eigenvalue weighted by Gasteiger charge is 2.14. The number of ether oxygens (including phenoxy) is 1. The zero-order valence-corrected chi connectivity index (χ0v) is 18.1. The van der Waals surface area contributed by atoms with Crippen molar-refractivity contribution in [2.45, 2.75) is 12.8 Å². The number of hydrogen-bond donors (Lipinski definition) is 1. The Morgan fingerprint density at radius 2 is 1.68 bits per heavy atom. The maximum Gasteiger partial charge on any atom is 0.224 e. The molecule has 162 valence electrons. The first-order chi connectivity index (χ1) is 15.1. The van der Waals surface area contributed by atoms with E-state index in [0.717, 1.165) is 54.7 Å². The van der Waals surface area contributed by atoms with Crippen LogP contribution in [0.4, 0.5) is 11.4 Å². The van der Waals surface area contributed by atoms with Crippen LogP contribution in [0.2, 0.25) is 0 Å². The lowest BCUT2D eigenvalue weighted by Crippen LogP contribution is -2.44. The van der Waals surface area contributed by atoms with Crippen LogP contribution in [0.5, 0.6) is 5.75 Å². The van der Waals surface area contributed by atoms with Crippen LogP contribution in [-0.4, -0.2) is 51.1 Å². The quantitative estimate of drug-likeness (QED) is 0.620. The molecule has 6 nitrogen and oxygen atoms in total. The Hall–Kier alpha value is -3.25. The maximum absolute atomic E-state index is 12.4. The number of hydrogen-bond acceptors (Lipinski definition) is 5. The zero-order chi connectivity index (χ0) is 21.6. The SMILES string of the molecule is COc1ccc(-c2ccc(CCC(=O)Nc3ccc(N4CCN(C)CC4)cc3)o2)cc1. The molecule has 1 amide bonds. The van der Waals surface area contributed by atoms with Crippen molar-refractivity contribution >= 4 is 17.3 Å². The number of rotatable bonds is 7. The van der Waals surface area contributed by atoms with Gasteiger partial charge in [-0.05, 0) is 67.7 Å². The largest absolute Gasteiger partial charge is 0.497 e. The van der Waals surface area contributed by atoms with Crippen LogP contribution in [0.25, 0.3) is 11.3 Å². The van der Waals surface area contributed by atoms with Gasteiger partial charge in [0.05, 0.1) is 7.11 Å². The number of furan rings is 1. The van der Waals surface area contributed by atoms with E-state index in [2.05, 4.69) is 34.3 Å². The number of carbonyl (C=O) groups excluding carboxylic acids is 1. The molecule has 1 aromatic heterocycles. The zero-order valence-electron chi connectivity index (χ0n) is 18.1. The highest BCUT2D eigenvalue weighted by Crippen LogP contribution is 2.25. The van der Waals surface area contributed by atoms with Gasteiger partial charge in [0, 0.05) is 56.0 Å². The van der Waals surface area contributed by atoms with Gasteiger partial charge in [0.2, 0.25) is 5.91 Å². The van der Waals surface area contributed by atoms with E-state index in [1.54, 1.807) is 7.11 Å². The molecule has 0 saturated carbocycles. The van der Waals surface area contributed by atoms with Crippen LogP contribution in [0.3, 0.4) is 0 Å². The predicted molar refractivity (Wildman–Crippen MR) is 124 cm³/mol. The van der Waals surface area contributed by atoms with Crippen molar-refractivity contribution in [3.05, 3.63) is 66.4 Å². The molecule has 1 N–H and O–H groups in total. The Labute approximate surface area is 183 Å². The fraction of sp³-hybridized carbons (Fsp3) is 0.320. The van der Waals surface area contributed by atoms with Crippen molar-refractivity contribution in [3.8, 4) is 17.1 Å². The maximum atomic E-state index is 12.4. The predicted octanol–water partition coefficient (Wildman–Crippen LogP) is 4.28. The van der Waals surface area contributed by atoms with Crippen LogP contribution >= 0.6 is 0 Å². The van der Waals surface area contributed by atoms with Crippen molar-refractivity contribution in [3.63, 3.8) is 0 Å². The molecule has 4 rings (SSSR count). The Bertz CT molecular complexity index is 988. The molecular weight excluding hydrogens is 390 g/mol. The van der Waals surface area contributed by atoms with Crippen LogP contribution in [0, 0.1) is 0 Å². The van der Waals surface area contributed by atoms with Crippen molar-refractivity contribution in [1.29, 1.82) is 0 Å². The summed E-state index contributed by atoms with van der Waals surface area (Å²) in [4.78, 5) is 17.1. The number of likely N-dealkylation sites (N-methyl/N-ethyl adjacent to an activating group) is 1.